The first kappa shape index (κ1) is 18.2. The summed E-state index contributed by atoms with van der Waals surface area (Å²) in [4.78, 5) is 35.9. The lowest BCUT2D eigenvalue weighted by atomic mass is 10.0. The third-order valence-corrected chi connectivity index (χ3v) is 4.75. The van der Waals surface area contributed by atoms with Gasteiger partial charge in [0.05, 0.1) is 22.9 Å². The molecule has 24 heavy (non-hydrogen) atoms. The van der Waals surface area contributed by atoms with Crippen molar-refractivity contribution in [1.82, 2.24) is 4.90 Å². The van der Waals surface area contributed by atoms with Gasteiger partial charge >= 0.3 is 0 Å². The number of aliphatic carboxylic acids is 1. The van der Waals surface area contributed by atoms with Gasteiger partial charge in [0.1, 0.15) is 4.32 Å². The Morgan fingerprint density at radius 2 is 1.79 bits per heavy atom. The fourth-order valence-electron chi connectivity index (χ4n) is 2.26. The standard InChI is InChI=1S/C16H15NO5S2/c1-8(2)12(15(21)22)17-13(18)11(24-16(17)23)7-9-3-5-10(6-4-9)14(19)20/h3-8,12H,1-2H3,(H,19,20)(H,21,22)/p-2/b11-7+/t12-/m0/s1. The summed E-state index contributed by atoms with van der Waals surface area (Å²) in [5.41, 5.74) is 0.617. The second-order valence-electron chi connectivity index (χ2n) is 5.47. The van der Waals surface area contributed by atoms with Gasteiger partial charge in [-0.3, -0.25) is 9.69 Å². The predicted molar refractivity (Wildman–Crippen MR) is 89.4 cm³/mol. The molecule has 1 saturated heterocycles. The Kier molecular flexibility index (Phi) is 5.40. The number of carboxylic acids is 2. The van der Waals surface area contributed by atoms with E-state index >= 15 is 0 Å². The summed E-state index contributed by atoms with van der Waals surface area (Å²) in [5, 5.41) is 22.1. The van der Waals surface area contributed by atoms with Crippen molar-refractivity contribution in [2.75, 3.05) is 0 Å². The second kappa shape index (κ2) is 7.14. The number of hydrogen-bond acceptors (Lipinski definition) is 7. The lowest BCUT2D eigenvalue weighted by Gasteiger charge is -2.30. The van der Waals surface area contributed by atoms with Gasteiger partial charge in [-0.15, -0.1) is 0 Å². The molecule has 0 bridgehead atoms. The van der Waals surface area contributed by atoms with Gasteiger partial charge in [-0.2, -0.15) is 0 Å². The van der Waals surface area contributed by atoms with Crippen molar-refractivity contribution >= 4 is 52.2 Å². The number of carbonyl (C=O) groups excluding carboxylic acids is 3. The fraction of sp³-hybridized carbons (Fsp3) is 0.250. The van der Waals surface area contributed by atoms with Crippen molar-refractivity contribution < 1.29 is 24.6 Å². The van der Waals surface area contributed by atoms with Crippen molar-refractivity contribution in [1.29, 1.82) is 0 Å². The van der Waals surface area contributed by atoms with Crippen molar-refractivity contribution in [3.8, 4) is 0 Å². The molecule has 1 aliphatic rings. The summed E-state index contributed by atoms with van der Waals surface area (Å²) in [5.74, 6) is -3.52. The molecule has 1 aromatic rings. The van der Waals surface area contributed by atoms with Crippen molar-refractivity contribution in [3.05, 3.63) is 40.3 Å². The molecule has 0 saturated carbocycles. The molecule has 1 amide bonds. The van der Waals surface area contributed by atoms with Crippen molar-refractivity contribution in [2.24, 2.45) is 5.92 Å². The van der Waals surface area contributed by atoms with E-state index < -0.39 is 23.9 Å². The molecule has 2 rings (SSSR count). The van der Waals surface area contributed by atoms with E-state index in [0.29, 0.717) is 5.56 Å². The molecular weight excluding hydrogens is 350 g/mol. The van der Waals surface area contributed by atoms with Crippen LogP contribution in [0.5, 0.6) is 0 Å². The number of rotatable bonds is 5. The van der Waals surface area contributed by atoms with Gasteiger partial charge in [-0.25, -0.2) is 0 Å². The van der Waals surface area contributed by atoms with Gasteiger partial charge in [-0.1, -0.05) is 62.1 Å². The normalized spacial score (nSPS) is 17.6. The molecule has 1 fully saturated rings. The molecule has 1 atom stereocenters. The molecule has 0 N–H and O–H groups in total. The van der Waals surface area contributed by atoms with Crippen molar-refractivity contribution in [2.45, 2.75) is 19.9 Å². The highest BCUT2D eigenvalue weighted by atomic mass is 32.2. The zero-order valence-corrected chi connectivity index (χ0v) is 14.5. The molecule has 1 aliphatic heterocycles. The Bertz CT molecular complexity index is 739. The van der Waals surface area contributed by atoms with Crippen LogP contribution in [0.4, 0.5) is 0 Å². The number of hydrogen-bond donors (Lipinski definition) is 0. The molecular formula is C16H13NO5S2-2. The monoisotopic (exact) mass is 363 g/mol. The average Bonchev–Trinajstić information content (AvgIpc) is 2.75. The number of carboxylic acid groups (broad SMARTS) is 2. The third kappa shape index (κ3) is 3.65. The Labute approximate surface area is 148 Å². The SMILES string of the molecule is CC(C)[C@@H](C(=O)[O-])N1C(=O)/C(=C\c2ccc(C(=O)[O-])cc2)SC1=S. The molecule has 0 unspecified atom stereocenters. The number of amides is 1. The Balaban J connectivity index is 2.30. The fourth-order valence-corrected chi connectivity index (χ4v) is 3.59. The zero-order chi connectivity index (χ0) is 18.0. The molecule has 0 radical (unpaired) electrons. The highest BCUT2D eigenvalue weighted by Gasteiger charge is 2.38. The summed E-state index contributed by atoms with van der Waals surface area (Å²) in [6, 6.07) is 4.64. The van der Waals surface area contributed by atoms with Crippen LogP contribution in [-0.2, 0) is 9.59 Å². The number of thiocarbonyl (C=S) groups is 1. The van der Waals surface area contributed by atoms with Crippen LogP contribution >= 0.6 is 24.0 Å². The highest BCUT2D eigenvalue weighted by Crippen LogP contribution is 2.35. The first-order valence-electron chi connectivity index (χ1n) is 7.01. The van der Waals surface area contributed by atoms with Crippen LogP contribution in [0.15, 0.2) is 29.2 Å². The zero-order valence-electron chi connectivity index (χ0n) is 12.8. The minimum atomic E-state index is -1.36. The van der Waals surface area contributed by atoms with E-state index in [1.807, 2.05) is 0 Å². The molecule has 8 heteroatoms. The smallest absolute Gasteiger partial charge is 0.266 e. The summed E-state index contributed by atoms with van der Waals surface area (Å²) < 4.78 is 0.153. The largest absolute Gasteiger partial charge is 0.548 e. The summed E-state index contributed by atoms with van der Waals surface area (Å²) in [6.45, 7) is 3.34. The number of nitrogens with zero attached hydrogens (tertiary/aromatic N) is 1. The van der Waals surface area contributed by atoms with Gasteiger partial charge in [0.2, 0.25) is 0 Å². The Hall–Kier alpha value is -2.19. The third-order valence-electron chi connectivity index (χ3n) is 3.42. The highest BCUT2D eigenvalue weighted by molar-refractivity contribution is 8.26. The van der Waals surface area contributed by atoms with Crippen LogP contribution in [0, 0.1) is 5.92 Å². The van der Waals surface area contributed by atoms with E-state index in [9.17, 15) is 24.6 Å². The van der Waals surface area contributed by atoms with E-state index in [1.54, 1.807) is 13.8 Å². The van der Waals surface area contributed by atoms with E-state index in [-0.39, 0.29) is 20.7 Å². The number of aromatic carboxylic acids is 1. The molecule has 0 spiro atoms. The van der Waals surface area contributed by atoms with Gasteiger partial charge in [0.25, 0.3) is 5.91 Å². The maximum Gasteiger partial charge on any atom is 0.266 e. The lowest BCUT2D eigenvalue weighted by molar-refractivity contribution is -0.311. The van der Waals surface area contributed by atoms with Crippen molar-refractivity contribution in [3.63, 3.8) is 0 Å². The van der Waals surface area contributed by atoms with E-state index in [1.165, 1.54) is 30.3 Å². The molecule has 6 nitrogen and oxygen atoms in total. The minimum Gasteiger partial charge on any atom is -0.548 e. The molecule has 1 aromatic carbocycles. The van der Waals surface area contributed by atoms with E-state index in [0.717, 1.165) is 16.7 Å². The number of thioether (sulfide) groups is 1. The maximum absolute atomic E-state index is 12.5. The summed E-state index contributed by atoms with van der Waals surface area (Å²) >= 11 is 6.13. The molecule has 126 valence electrons. The molecule has 0 aromatic heterocycles. The minimum absolute atomic E-state index is 0.0246. The Morgan fingerprint density at radius 1 is 1.21 bits per heavy atom. The van der Waals surface area contributed by atoms with Gasteiger partial charge in [0, 0.05) is 0 Å². The summed E-state index contributed by atoms with van der Waals surface area (Å²) in [7, 11) is 0. The van der Waals surface area contributed by atoms with Crippen LogP contribution in [0.25, 0.3) is 6.08 Å². The Morgan fingerprint density at radius 3 is 2.25 bits per heavy atom. The predicted octanol–water partition coefficient (Wildman–Crippen LogP) is 0.0258. The van der Waals surface area contributed by atoms with Gasteiger partial charge in [-0.05, 0) is 23.1 Å². The topological polar surface area (TPSA) is 101 Å². The number of carbonyl (C=O) groups is 3. The van der Waals surface area contributed by atoms with E-state index in [2.05, 4.69) is 0 Å². The van der Waals surface area contributed by atoms with Crippen LogP contribution < -0.4 is 10.2 Å². The second-order valence-corrected chi connectivity index (χ2v) is 7.14. The van der Waals surface area contributed by atoms with Crippen LogP contribution in [0.3, 0.4) is 0 Å². The maximum atomic E-state index is 12.5. The summed E-state index contributed by atoms with van der Waals surface area (Å²) in [6.07, 6.45) is 1.53. The molecule has 0 aliphatic carbocycles. The number of benzene rings is 1. The van der Waals surface area contributed by atoms with Crippen LogP contribution in [-0.4, -0.2) is 33.1 Å². The average molecular weight is 363 g/mol. The van der Waals surface area contributed by atoms with E-state index in [4.69, 9.17) is 12.2 Å². The first-order valence-corrected chi connectivity index (χ1v) is 8.24. The quantitative estimate of drug-likeness (QED) is 0.537. The first-order chi connectivity index (χ1) is 11.2. The van der Waals surface area contributed by atoms with Gasteiger partial charge in [0.15, 0.2) is 0 Å². The molecule has 1 heterocycles. The lowest BCUT2D eigenvalue weighted by Crippen LogP contribution is -2.52. The van der Waals surface area contributed by atoms with Gasteiger partial charge < -0.3 is 19.8 Å². The van der Waals surface area contributed by atoms with Crippen LogP contribution in [0.2, 0.25) is 0 Å². The van der Waals surface area contributed by atoms with Crippen LogP contribution in [0.1, 0.15) is 29.8 Å².